The third-order valence-electron chi connectivity index (χ3n) is 3.50. The van der Waals surface area contributed by atoms with Crippen LogP contribution in [0.25, 0.3) is 0 Å². The molecule has 0 bridgehead atoms. The van der Waals surface area contributed by atoms with Crippen molar-refractivity contribution in [3.63, 3.8) is 0 Å². The fourth-order valence-electron chi connectivity index (χ4n) is 2.05. The van der Waals surface area contributed by atoms with Crippen LogP contribution in [-0.4, -0.2) is 20.3 Å². The third kappa shape index (κ3) is 2.90. The van der Waals surface area contributed by atoms with E-state index < -0.39 is 11.6 Å². The van der Waals surface area contributed by atoms with Crippen LogP contribution in [0.3, 0.4) is 0 Å². The molecular weight excluding hydrogens is 238 g/mol. The van der Waals surface area contributed by atoms with Gasteiger partial charge in [0.15, 0.2) is 11.6 Å². The summed E-state index contributed by atoms with van der Waals surface area (Å²) < 4.78 is 32.1. The van der Waals surface area contributed by atoms with Crippen LogP contribution >= 0.6 is 0 Å². The highest BCUT2D eigenvalue weighted by Crippen LogP contribution is 2.48. The van der Waals surface area contributed by atoms with Gasteiger partial charge in [0.05, 0.1) is 0 Å². The van der Waals surface area contributed by atoms with E-state index in [9.17, 15) is 8.78 Å². The van der Waals surface area contributed by atoms with Gasteiger partial charge in [-0.15, -0.1) is 0 Å². The molecule has 1 saturated carbocycles. The molecule has 0 radical (unpaired) electrons. The zero-order chi connectivity index (χ0) is 13.2. The summed E-state index contributed by atoms with van der Waals surface area (Å²) >= 11 is 0. The molecule has 0 unspecified atom stereocenters. The first-order chi connectivity index (χ1) is 8.56. The number of ether oxygens (including phenoxy) is 1. The number of nitrogens with one attached hydrogen (secondary N) is 1. The van der Waals surface area contributed by atoms with Crippen molar-refractivity contribution < 1.29 is 13.5 Å². The van der Waals surface area contributed by atoms with Gasteiger partial charge in [-0.1, -0.05) is 0 Å². The standard InChI is InChI=1S/C13H18F2N2O/c1-18-5-4-13(2-3-13)8-17-12-10(14)6-9(16)7-11(12)15/h6-7,17H,2-5,8,16H2,1H3. The fraction of sp³-hybridized carbons (Fsp3) is 0.538. The Morgan fingerprint density at radius 1 is 1.33 bits per heavy atom. The lowest BCUT2D eigenvalue weighted by molar-refractivity contribution is 0.175. The summed E-state index contributed by atoms with van der Waals surface area (Å²) in [7, 11) is 1.66. The second-order valence-electron chi connectivity index (χ2n) is 4.96. The van der Waals surface area contributed by atoms with Crippen LogP contribution in [0.5, 0.6) is 0 Å². The minimum Gasteiger partial charge on any atom is -0.399 e. The molecule has 0 heterocycles. The van der Waals surface area contributed by atoms with Crippen LogP contribution in [0.1, 0.15) is 19.3 Å². The summed E-state index contributed by atoms with van der Waals surface area (Å²) in [6.45, 7) is 1.24. The Balaban J connectivity index is 1.98. The molecule has 18 heavy (non-hydrogen) atoms. The Morgan fingerprint density at radius 2 is 1.94 bits per heavy atom. The maximum Gasteiger partial charge on any atom is 0.151 e. The first kappa shape index (κ1) is 13.1. The number of rotatable bonds is 6. The molecule has 1 aromatic rings. The predicted molar refractivity (Wildman–Crippen MR) is 67.4 cm³/mol. The molecule has 0 amide bonds. The second-order valence-corrected chi connectivity index (χ2v) is 4.96. The Kier molecular flexibility index (Phi) is 3.71. The van der Waals surface area contributed by atoms with Crippen LogP contribution in [0.4, 0.5) is 20.2 Å². The topological polar surface area (TPSA) is 47.3 Å². The number of hydrogen-bond donors (Lipinski definition) is 2. The molecule has 0 atom stereocenters. The normalized spacial score (nSPS) is 16.6. The minimum atomic E-state index is -0.643. The number of benzene rings is 1. The number of halogens is 2. The van der Waals surface area contributed by atoms with Crippen LogP contribution in [0.2, 0.25) is 0 Å². The van der Waals surface area contributed by atoms with Crippen molar-refractivity contribution in [2.45, 2.75) is 19.3 Å². The van der Waals surface area contributed by atoms with E-state index in [1.807, 2.05) is 0 Å². The van der Waals surface area contributed by atoms with Gasteiger partial charge in [0.1, 0.15) is 5.69 Å². The average molecular weight is 256 g/mol. The van der Waals surface area contributed by atoms with E-state index in [2.05, 4.69) is 5.32 Å². The Bertz CT molecular complexity index is 410. The fourth-order valence-corrected chi connectivity index (χ4v) is 2.05. The van der Waals surface area contributed by atoms with Crippen LogP contribution in [0.15, 0.2) is 12.1 Å². The molecule has 0 saturated heterocycles. The van der Waals surface area contributed by atoms with Crippen molar-refractivity contribution >= 4 is 11.4 Å². The lowest BCUT2D eigenvalue weighted by Gasteiger charge is -2.17. The highest BCUT2D eigenvalue weighted by atomic mass is 19.1. The Morgan fingerprint density at radius 3 is 2.44 bits per heavy atom. The van der Waals surface area contributed by atoms with Crippen LogP contribution in [-0.2, 0) is 4.74 Å². The van der Waals surface area contributed by atoms with E-state index in [0.717, 1.165) is 31.4 Å². The first-order valence-corrected chi connectivity index (χ1v) is 6.04. The lowest BCUT2D eigenvalue weighted by atomic mass is 10.0. The van der Waals surface area contributed by atoms with E-state index in [0.29, 0.717) is 13.2 Å². The molecule has 1 aromatic carbocycles. The van der Waals surface area contributed by atoms with Crippen LogP contribution < -0.4 is 11.1 Å². The van der Waals surface area contributed by atoms with Crippen LogP contribution in [0, 0.1) is 17.0 Å². The zero-order valence-electron chi connectivity index (χ0n) is 10.4. The minimum absolute atomic E-state index is 0.0899. The number of nitrogen functional groups attached to an aromatic ring is 1. The van der Waals surface area contributed by atoms with Gasteiger partial charge in [-0.3, -0.25) is 0 Å². The van der Waals surface area contributed by atoms with E-state index in [4.69, 9.17) is 10.5 Å². The number of anilines is 2. The predicted octanol–water partition coefficient (Wildman–Crippen LogP) is 2.78. The maximum atomic E-state index is 13.6. The second kappa shape index (κ2) is 5.10. The third-order valence-corrected chi connectivity index (χ3v) is 3.50. The number of hydrogen-bond acceptors (Lipinski definition) is 3. The molecule has 0 aliphatic heterocycles. The van der Waals surface area contributed by atoms with Gasteiger partial charge < -0.3 is 15.8 Å². The maximum absolute atomic E-state index is 13.6. The van der Waals surface area contributed by atoms with Gasteiger partial charge in [-0.05, 0) is 36.8 Å². The van der Waals surface area contributed by atoms with Crippen molar-refractivity contribution in [3.8, 4) is 0 Å². The largest absolute Gasteiger partial charge is 0.399 e. The summed E-state index contributed by atoms with van der Waals surface area (Å²) in [4.78, 5) is 0. The molecule has 3 nitrogen and oxygen atoms in total. The van der Waals surface area contributed by atoms with E-state index >= 15 is 0 Å². The molecule has 0 spiro atoms. The summed E-state index contributed by atoms with van der Waals surface area (Å²) in [6, 6.07) is 2.25. The average Bonchev–Trinajstić information content (AvgIpc) is 3.06. The summed E-state index contributed by atoms with van der Waals surface area (Å²) in [6.07, 6.45) is 3.05. The van der Waals surface area contributed by atoms with E-state index in [1.54, 1.807) is 7.11 Å². The van der Waals surface area contributed by atoms with Gasteiger partial charge in [0.25, 0.3) is 0 Å². The van der Waals surface area contributed by atoms with Gasteiger partial charge in [0.2, 0.25) is 0 Å². The van der Waals surface area contributed by atoms with Crippen molar-refractivity contribution in [1.29, 1.82) is 0 Å². The van der Waals surface area contributed by atoms with Gasteiger partial charge in [-0.25, -0.2) is 8.78 Å². The highest BCUT2D eigenvalue weighted by molar-refractivity contribution is 5.54. The molecular formula is C13H18F2N2O. The summed E-state index contributed by atoms with van der Waals surface area (Å²) in [5, 5.41) is 2.86. The lowest BCUT2D eigenvalue weighted by Crippen LogP contribution is -2.18. The zero-order valence-corrected chi connectivity index (χ0v) is 10.4. The molecule has 100 valence electrons. The Labute approximate surface area is 105 Å². The van der Waals surface area contributed by atoms with E-state index in [-0.39, 0.29) is 16.8 Å². The van der Waals surface area contributed by atoms with Gasteiger partial charge in [0, 0.05) is 25.9 Å². The quantitative estimate of drug-likeness (QED) is 0.769. The van der Waals surface area contributed by atoms with Crippen molar-refractivity contribution in [2.24, 2.45) is 5.41 Å². The summed E-state index contributed by atoms with van der Waals surface area (Å²) in [5.74, 6) is -1.29. The Hall–Kier alpha value is -1.36. The molecule has 2 rings (SSSR count). The molecule has 5 heteroatoms. The van der Waals surface area contributed by atoms with E-state index in [1.165, 1.54) is 0 Å². The number of methoxy groups -OCH3 is 1. The van der Waals surface area contributed by atoms with Gasteiger partial charge in [-0.2, -0.15) is 0 Å². The van der Waals surface area contributed by atoms with Crippen molar-refractivity contribution in [3.05, 3.63) is 23.8 Å². The SMILES string of the molecule is COCCC1(CNc2c(F)cc(N)cc2F)CC1. The van der Waals surface area contributed by atoms with Crippen molar-refractivity contribution in [1.82, 2.24) is 0 Å². The monoisotopic (exact) mass is 256 g/mol. The first-order valence-electron chi connectivity index (χ1n) is 6.04. The molecule has 0 aromatic heterocycles. The molecule has 1 fully saturated rings. The smallest absolute Gasteiger partial charge is 0.151 e. The summed E-state index contributed by atoms with van der Waals surface area (Å²) in [5.41, 5.74) is 5.50. The molecule has 1 aliphatic carbocycles. The molecule has 3 N–H and O–H groups in total. The number of nitrogens with two attached hydrogens (primary N) is 1. The molecule has 1 aliphatic rings. The highest BCUT2D eigenvalue weighted by Gasteiger charge is 2.41. The van der Waals surface area contributed by atoms with Crippen molar-refractivity contribution in [2.75, 3.05) is 31.3 Å². The van der Waals surface area contributed by atoms with Gasteiger partial charge >= 0.3 is 0 Å².